The lowest BCUT2D eigenvalue weighted by Gasteiger charge is -2.12. The molecule has 0 aromatic carbocycles. The maximum Gasteiger partial charge on any atom is 0.229 e. The zero-order valence-corrected chi connectivity index (χ0v) is 11.3. The molecule has 3 rings (SSSR count). The first-order chi connectivity index (χ1) is 10.1. The second-order valence-electron chi connectivity index (χ2n) is 4.65. The molecule has 0 radical (unpaired) electrons. The van der Waals surface area contributed by atoms with E-state index in [1.54, 1.807) is 6.20 Å². The molecule has 1 atom stereocenters. The monoisotopic (exact) mass is 291 g/mol. The Hall–Kier alpha value is -2.71. The maximum atomic E-state index is 14.0. The van der Waals surface area contributed by atoms with Crippen LogP contribution in [-0.2, 0) is 11.3 Å². The topological polar surface area (TPSA) is 115 Å². The van der Waals surface area contributed by atoms with Gasteiger partial charge in [0.2, 0.25) is 11.8 Å². The highest BCUT2D eigenvalue weighted by Gasteiger charge is 2.18. The van der Waals surface area contributed by atoms with Crippen LogP contribution in [0.2, 0.25) is 0 Å². The van der Waals surface area contributed by atoms with Gasteiger partial charge in [-0.15, -0.1) is 0 Å². The fourth-order valence-corrected chi connectivity index (χ4v) is 2.08. The molecule has 0 saturated carbocycles. The van der Waals surface area contributed by atoms with Gasteiger partial charge >= 0.3 is 0 Å². The Labute approximate surface area is 119 Å². The van der Waals surface area contributed by atoms with Crippen molar-refractivity contribution in [3.05, 3.63) is 23.5 Å². The highest BCUT2D eigenvalue weighted by Crippen LogP contribution is 2.19. The second kappa shape index (κ2) is 5.00. The molecule has 0 fully saturated rings. The van der Waals surface area contributed by atoms with Crippen molar-refractivity contribution < 1.29 is 9.13 Å². The van der Waals surface area contributed by atoms with Crippen molar-refractivity contribution in [2.45, 2.75) is 19.6 Å². The smallest absolute Gasteiger partial charge is 0.229 e. The molecule has 1 aliphatic rings. The summed E-state index contributed by atoms with van der Waals surface area (Å²) in [6.45, 7) is 1.59. The molecule has 21 heavy (non-hydrogen) atoms. The van der Waals surface area contributed by atoms with Gasteiger partial charge < -0.3 is 21.2 Å². The molecule has 0 aliphatic carbocycles. The molecular formula is C12H14FN7O. The Morgan fingerprint density at radius 2 is 2.43 bits per heavy atom. The molecule has 3 heterocycles. The first-order valence-electron chi connectivity index (χ1n) is 6.32. The van der Waals surface area contributed by atoms with Crippen molar-refractivity contribution in [1.29, 1.82) is 5.41 Å². The van der Waals surface area contributed by atoms with Gasteiger partial charge in [-0.05, 0) is 6.92 Å². The SMILES string of the molecule is Cc1nn2c3nc(ncc13)N/C(C=N)=C(/N)OCC(F)C2. The van der Waals surface area contributed by atoms with Gasteiger partial charge in [-0.1, -0.05) is 0 Å². The van der Waals surface area contributed by atoms with E-state index in [1.807, 2.05) is 6.92 Å². The summed E-state index contributed by atoms with van der Waals surface area (Å²) in [6, 6.07) is 0. The van der Waals surface area contributed by atoms with E-state index in [1.165, 1.54) is 4.68 Å². The van der Waals surface area contributed by atoms with Gasteiger partial charge in [0.15, 0.2) is 11.8 Å². The number of rotatable bonds is 1. The third-order valence-corrected chi connectivity index (χ3v) is 3.12. The van der Waals surface area contributed by atoms with Crippen LogP contribution in [0.3, 0.4) is 0 Å². The summed E-state index contributed by atoms with van der Waals surface area (Å²) in [5.74, 6) is 0.165. The molecule has 2 bridgehead atoms. The lowest BCUT2D eigenvalue weighted by molar-refractivity contribution is 0.119. The summed E-state index contributed by atoms with van der Waals surface area (Å²) in [5.41, 5.74) is 7.10. The number of hydrogen-bond acceptors (Lipinski definition) is 7. The van der Waals surface area contributed by atoms with Crippen LogP contribution in [-0.4, -0.2) is 38.7 Å². The standard InChI is InChI=1S/C12H14FN7O/c1-6-8-3-16-12-17-9(2-14)10(15)21-5-7(13)4-20(19-6)11(8)18-12/h2-3,7,14H,4-5,15H2,1H3,(H,16,17,18)/b10-9-,14-2?. The number of hydrogen-bond donors (Lipinski definition) is 3. The average molecular weight is 291 g/mol. The number of aryl methyl sites for hydroxylation is 1. The minimum Gasteiger partial charge on any atom is -0.475 e. The number of nitrogens with zero attached hydrogens (tertiary/aromatic N) is 4. The van der Waals surface area contributed by atoms with E-state index in [0.717, 1.165) is 17.3 Å². The van der Waals surface area contributed by atoms with Crippen molar-refractivity contribution in [3.8, 4) is 0 Å². The van der Waals surface area contributed by atoms with E-state index >= 15 is 0 Å². The van der Waals surface area contributed by atoms with Crippen molar-refractivity contribution in [1.82, 2.24) is 19.7 Å². The first kappa shape index (κ1) is 13.3. The molecule has 0 saturated heterocycles. The van der Waals surface area contributed by atoms with Crippen molar-refractivity contribution in [2.75, 3.05) is 11.9 Å². The van der Waals surface area contributed by atoms with Crippen LogP contribution in [0.1, 0.15) is 5.69 Å². The molecule has 4 N–H and O–H groups in total. The van der Waals surface area contributed by atoms with Crippen molar-refractivity contribution >= 4 is 23.2 Å². The lowest BCUT2D eigenvalue weighted by Crippen LogP contribution is -2.21. The van der Waals surface area contributed by atoms with Gasteiger partial charge in [0, 0.05) is 12.4 Å². The van der Waals surface area contributed by atoms with Crippen LogP contribution in [0.25, 0.3) is 11.0 Å². The van der Waals surface area contributed by atoms with Gasteiger partial charge in [-0.3, -0.25) is 0 Å². The number of nitrogens with one attached hydrogen (secondary N) is 2. The van der Waals surface area contributed by atoms with E-state index in [4.69, 9.17) is 15.9 Å². The molecule has 1 unspecified atom stereocenters. The summed E-state index contributed by atoms with van der Waals surface area (Å²) in [5, 5.41) is 15.1. The minimum absolute atomic E-state index is 0.00793. The van der Waals surface area contributed by atoms with E-state index in [2.05, 4.69) is 20.4 Å². The Morgan fingerprint density at radius 3 is 3.19 bits per heavy atom. The average Bonchev–Trinajstić information content (AvgIpc) is 2.77. The molecular weight excluding hydrogens is 277 g/mol. The third-order valence-electron chi connectivity index (χ3n) is 3.12. The van der Waals surface area contributed by atoms with Gasteiger partial charge in [0.05, 0.1) is 17.6 Å². The number of alkyl halides is 1. The number of halogens is 1. The molecule has 0 amide bonds. The number of aromatic nitrogens is 4. The lowest BCUT2D eigenvalue weighted by atomic mass is 10.3. The highest BCUT2D eigenvalue weighted by atomic mass is 19.1. The first-order valence-corrected chi connectivity index (χ1v) is 6.32. The quantitative estimate of drug-likeness (QED) is 0.666. The summed E-state index contributed by atoms with van der Waals surface area (Å²) in [6.07, 6.45) is 1.28. The van der Waals surface area contributed by atoms with Crippen LogP contribution in [0.4, 0.5) is 10.3 Å². The fraction of sp³-hybridized carbons (Fsp3) is 0.333. The molecule has 2 aromatic heterocycles. The number of anilines is 1. The largest absolute Gasteiger partial charge is 0.475 e. The summed E-state index contributed by atoms with van der Waals surface area (Å²) in [7, 11) is 0. The van der Waals surface area contributed by atoms with E-state index in [0.29, 0.717) is 5.65 Å². The Balaban J connectivity index is 2.16. The normalized spacial score (nSPS) is 22.5. The predicted molar refractivity (Wildman–Crippen MR) is 74.5 cm³/mol. The Bertz CT molecular complexity index is 739. The molecule has 110 valence electrons. The van der Waals surface area contributed by atoms with Crippen LogP contribution in [0, 0.1) is 12.3 Å². The van der Waals surface area contributed by atoms with Crippen molar-refractivity contribution in [3.63, 3.8) is 0 Å². The van der Waals surface area contributed by atoms with Gasteiger partial charge in [0.1, 0.15) is 12.3 Å². The molecule has 1 aliphatic heterocycles. The van der Waals surface area contributed by atoms with Gasteiger partial charge in [-0.2, -0.15) is 10.1 Å². The number of fused-ring (bicyclic) bond motifs is 1. The van der Waals surface area contributed by atoms with E-state index in [-0.39, 0.29) is 30.7 Å². The highest BCUT2D eigenvalue weighted by molar-refractivity contribution is 5.82. The molecule has 8 nitrogen and oxygen atoms in total. The van der Waals surface area contributed by atoms with Crippen LogP contribution in [0.5, 0.6) is 0 Å². The van der Waals surface area contributed by atoms with Gasteiger partial charge in [-0.25, -0.2) is 14.1 Å². The number of nitrogens with two attached hydrogens (primary N) is 1. The predicted octanol–water partition coefficient (Wildman–Crippen LogP) is 0.692. The van der Waals surface area contributed by atoms with Crippen LogP contribution >= 0.6 is 0 Å². The van der Waals surface area contributed by atoms with E-state index < -0.39 is 6.17 Å². The Kier molecular flexibility index (Phi) is 3.16. The zero-order chi connectivity index (χ0) is 15.0. The van der Waals surface area contributed by atoms with Gasteiger partial charge in [0.25, 0.3) is 0 Å². The molecule has 2 aromatic rings. The Morgan fingerprint density at radius 1 is 1.62 bits per heavy atom. The molecule has 9 heteroatoms. The van der Waals surface area contributed by atoms with Crippen molar-refractivity contribution in [2.24, 2.45) is 5.73 Å². The fourth-order valence-electron chi connectivity index (χ4n) is 2.08. The summed E-state index contributed by atoms with van der Waals surface area (Å²) >= 11 is 0. The maximum absolute atomic E-state index is 14.0. The van der Waals surface area contributed by atoms with E-state index in [9.17, 15) is 4.39 Å². The minimum atomic E-state index is -1.30. The second-order valence-corrected chi connectivity index (χ2v) is 4.65. The molecule has 0 spiro atoms. The summed E-state index contributed by atoms with van der Waals surface area (Å²) in [4.78, 5) is 8.45. The number of ether oxygens (including phenoxy) is 1. The third kappa shape index (κ3) is 2.37. The van der Waals surface area contributed by atoms with Crippen LogP contribution < -0.4 is 11.1 Å². The summed E-state index contributed by atoms with van der Waals surface area (Å²) < 4.78 is 20.6. The zero-order valence-electron chi connectivity index (χ0n) is 11.3. The van der Waals surface area contributed by atoms with Crippen LogP contribution in [0.15, 0.2) is 17.8 Å². The number of allylic oxidation sites excluding steroid dienone is 1.